The van der Waals surface area contributed by atoms with Crippen LogP contribution in [0.4, 0.5) is 0 Å². The Bertz CT molecular complexity index is 1420. The van der Waals surface area contributed by atoms with Crippen LogP contribution in [-0.2, 0) is 57.2 Å². The zero-order chi connectivity index (χ0) is 49.3. The van der Waals surface area contributed by atoms with Crippen molar-refractivity contribution in [2.24, 2.45) is 5.73 Å². The fourth-order valence-electron chi connectivity index (χ4n) is 7.75. The molecule has 18 heteroatoms. The van der Waals surface area contributed by atoms with Gasteiger partial charge in [-0.25, -0.2) is 0 Å². The van der Waals surface area contributed by atoms with E-state index in [0.717, 1.165) is 57.8 Å². The Balaban J connectivity index is 2.82. The van der Waals surface area contributed by atoms with E-state index in [1.165, 1.54) is 98.5 Å². The molecule has 0 saturated carbocycles. The van der Waals surface area contributed by atoms with Gasteiger partial charge in [0, 0.05) is 19.8 Å². The van der Waals surface area contributed by atoms with Crippen molar-refractivity contribution >= 4 is 54.2 Å². The zero-order valence-corrected chi connectivity index (χ0v) is 41.8. The van der Waals surface area contributed by atoms with Gasteiger partial charge < -0.3 is 50.5 Å². The number of unbranched alkanes of at least 4 members (excludes halogenated alkanes) is 18. The van der Waals surface area contributed by atoms with Gasteiger partial charge >= 0.3 is 17.9 Å². The molecule has 4 amide bonds. The second-order valence-electron chi connectivity index (χ2n) is 17.7. The number of thiol groups is 1. The summed E-state index contributed by atoms with van der Waals surface area (Å²) in [6.45, 7) is 7.94. The molecule has 1 unspecified atom stereocenters. The molecular formula is C48H86N4O13S. The fraction of sp³-hybridized carbons (Fsp3) is 0.854. The number of esters is 3. The minimum Gasteiger partial charge on any atom is -0.469 e. The van der Waals surface area contributed by atoms with Gasteiger partial charge in [0.05, 0.1) is 19.6 Å². The third-order valence-corrected chi connectivity index (χ3v) is 12.2. The highest BCUT2D eigenvalue weighted by Crippen LogP contribution is 2.28. The third-order valence-electron chi connectivity index (χ3n) is 11.8. The van der Waals surface area contributed by atoms with Gasteiger partial charge in [-0.1, -0.05) is 129 Å². The van der Waals surface area contributed by atoms with Crippen molar-refractivity contribution in [1.82, 2.24) is 16.0 Å². The molecule has 0 aromatic heterocycles. The molecule has 0 aromatic rings. The number of ether oxygens (including phenoxy) is 5. The number of amides is 4. The molecule has 1 aliphatic rings. The molecule has 1 saturated heterocycles. The average Bonchev–Trinajstić information content (AvgIpc) is 3.27. The third kappa shape index (κ3) is 27.4. The minimum absolute atomic E-state index is 0.117. The van der Waals surface area contributed by atoms with Crippen LogP contribution in [0, 0.1) is 0 Å². The van der Waals surface area contributed by atoms with Crippen LogP contribution in [-0.4, -0.2) is 114 Å². The van der Waals surface area contributed by atoms with E-state index in [1.807, 2.05) is 0 Å². The Kier molecular flexibility index (Phi) is 33.5. The smallest absolute Gasteiger partial charge is 0.309 e. The monoisotopic (exact) mass is 959 g/mol. The second-order valence-corrected chi connectivity index (χ2v) is 18.2. The van der Waals surface area contributed by atoms with E-state index in [9.17, 15) is 38.7 Å². The molecule has 0 aromatic carbocycles. The van der Waals surface area contributed by atoms with Gasteiger partial charge in [-0.05, 0) is 39.5 Å². The highest BCUT2D eigenvalue weighted by Gasteiger charge is 2.47. The summed E-state index contributed by atoms with van der Waals surface area (Å²) in [7, 11) is 1.18. The van der Waals surface area contributed by atoms with Crippen molar-refractivity contribution in [3.63, 3.8) is 0 Å². The number of aliphatic hydroxyl groups excluding tert-OH is 1. The van der Waals surface area contributed by atoms with E-state index in [-0.39, 0.29) is 31.7 Å². The van der Waals surface area contributed by atoms with Crippen LogP contribution in [0.3, 0.4) is 0 Å². The summed E-state index contributed by atoms with van der Waals surface area (Å²) in [6.07, 6.45) is 17.3. The summed E-state index contributed by atoms with van der Waals surface area (Å²) in [5, 5.41) is 19.0. The number of carbonyl (C=O) groups excluding carboxylic acids is 7. The molecule has 0 spiro atoms. The predicted molar refractivity (Wildman–Crippen MR) is 254 cm³/mol. The number of nitrogens with two attached hydrogens (primary N) is 1. The molecule has 0 radical (unpaired) electrons. The molecule has 1 aliphatic heterocycles. The number of carbonyl (C=O) groups is 7. The number of nitrogens with one attached hydrogen (secondary N) is 3. The Morgan fingerprint density at radius 3 is 1.74 bits per heavy atom. The van der Waals surface area contributed by atoms with E-state index in [0.29, 0.717) is 6.42 Å². The number of rotatable bonds is 38. The highest BCUT2D eigenvalue weighted by molar-refractivity contribution is 7.80. The van der Waals surface area contributed by atoms with Crippen LogP contribution in [0.5, 0.6) is 0 Å². The topological polar surface area (TPSA) is 248 Å². The lowest BCUT2D eigenvalue weighted by molar-refractivity contribution is -0.204. The molecule has 382 valence electrons. The highest BCUT2D eigenvalue weighted by atomic mass is 32.1. The molecule has 1 rings (SSSR count). The second kappa shape index (κ2) is 36.5. The van der Waals surface area contributed by atoms with E-state index in [1.54, 1.807) is 0 Å². The largest absolute Gasteiger partial charge is 0.469 e. The van der Waals surface area contributed by atoms with Crippen molar-refractivity contribution in [2.45, 2.75) is 249 Å². The first kappa shape index (κ1) is 60.5. The SMILES string of the molecule is CCCCCCCCCCCCCCCC(=O)O[C@H](CCCCCCCCC)CC(=O)OC[C@H]1O[C@@H](S)[C@H](NC(C)=O)[C@H](OC(C)C(=O)N[C@@H](C)C(=O)N[C@H](CCC(=O)OC)C(N)=O)[C@@H]1O. The molecule has 1 fully saturated rings. The first-order valence-corrected chi connectivity index (χ1v) is 25.3. The molecule has 17 nitrogen and oxygen atoms in total. The van der Waals surface area contributed by atoms with Crippen molar-refractivity contribution < 1.29 is 62.4 Å². The van der Waals surface area contributed by atoms with Gasteiger partial charge in [-0.15, -0.1) is 12.6 Å². The standard InChI is InChI=1S/C48H86N4O13S/c1-7-9-11-13-15-16-17-18-19-20-22-24-26-28-40(55)64-36(27-25-23-21-14-12-10-8-2)31-41(56)62-32-38-43(57)44(42(48(66)65-38)51-35(5)53)63-34(4)47(60)50-33(3)46(59)52-37(45(49)58)29-30-39(54)61-6/h33-34,36-38,42-44,48,57,66H,7-32H2,1-6H3,(H2,49,58)(H,50,60)(H,51,53)(H,52,59)/t33-,34?,36+,37+,38+,42+,43+,44-,48-/m0/s1. The van der Waals surface area contributed by atoms with Crippen molar-refractivity contribution in [3.8, 4) is 0 Å². The molecule has 0 aliphatic carbocycles. The lowest BCUT2D eigenvalue weighted by Gasteiger charge is -2.43. The fourth-order valence-corrected chi connectivity index (χ4v) is 8.15. The number of hydrogen-bond acceptors (Lipinski definition) is 14. The first-order chi connectivity index (χ1) is 31.5. The minimum atomic E-state index is -1.54. The average molecular weight is 959 g/mol. The van der Waals surface area contributed by atoms with Crippen LogP contribution >= 0.6 is 12.6 Å². The van der Waals surface area contributed by atoms with Gasteiger partial charge in [0.25, 0.3) is 0 Å². The van der Waals surface area contributed by atoms with Crippen LogP contribution in [0.2, 0.25) is 0 Å². The quantitative estimate of drug-likeness (QED) is 0.0176. The maximum atomic E-state index is 13.3. The molecule has 6 N–H and O–H groups in total. The van der Waals surface area contributed by atoms with Gasteiger partial charge in [-0.2, -0.15) is 0 Å². The Morgan fingerprint density at radius 2 is 1.23 bits per heavy atom. The number of methoxy groups -OCH3 is 1. The van der Waals surface area contributed by atoms with E-state index < -0.39 is 96.3 Å². The maximum Gasteiger partial charge on any atom is 0.309 e. The van der Waals surface area contributed by atoms with Crippen molar-refractivity contribution in [3.05, 3.63) is 0 Å². The maximum absolute atomic E-state index is 13.3. The van der Waals surface area contributed by atoms with Crippen molar-refractivity contribution in [1.29, 1.82) is 0 Å². The lowest BCUT2D eigenvalue weighted by atomic mass is 9.97. The Hall–Kier alpha value is -3.48. The number of hydrogen-bond donors (Lipinski definition) is 6. The predicted octanol–water partition coefficient (Wildman–Crippen LogP) is 6.18. The van der Waals surface area contributed by atoms with Crippen LogP contribution in [0.1, 0.15) is 195 Å². The lowest BCUT2D eigenvalue weighted by Crippen LogP contribution is -2.64. The molecule has 1 heterocycles. The first-order valence-electron chi connectivity index (χ1n) is 24.8. The van der Waals surface area contributed by atoms with Crippen LogP contribution in [0.15, 0.2) is 0 Å². The van der Waals surface area contributed by atoms with E-state index in [4.69, 9.17) is 24.7 Å². The molecule has 0 bridgehead atoms. The zero-order valence-electron chi connectivity index (χ0n) is 41.0. The van der Waals surface area contributed by atoms with Gasteiger partial charge in [0.2, 0.25) is 23.6 Å². The van der Waals surface area contributed by atoms with Crippen LogP contribution < -0.4 is 21.7 Å². The normalized spacial score (nSPS) is 20.0. The summed E-state index contributed by atoms with van der Waals surface area (Å²) in [6, 6.07) is -3.45. The van der Waals surface area contributed by atoms with E-state index in [2.05, 4.69) is 47.2 Å². The number of primary amides is 1. The summed E-state index contributed by atoms with van der Waals surface area (Å²) in [4.78, 5) is 87.9. The van der Waals surface area contributed by atoms with Gasteiger partial charge in [0.15, 0.2) is 0 Å². The van der Waals surface area contributed by atoms with Crippen LogP contribution in [0.25, 0.3) is 0 Å². The summed E-state index contributed by atoms with van der Waals surface area (Å²) in [5.41, 5.74) is 4.31. The number of aliphatic hydroxyl groups is 1. The summed E-state index contributed by atoms with van der Waals surface area (Å²) >= 11 is 4.47. The molecular weight excluding hydrogens is 873 g/mol. The summed E-state index contributed by atoms with van der Waals surface area (Å²) in [5.74, 6) is -4.53. The Morgan fingerprint density at radius 1 is 0.697 bits per heavy atom. The molecule has 9 atom stereocenters. The van der Waals surface area contributed by atoms with Gasteiger partial charge in [0.1, 0.15) is 54.6 Å². The molecule has 66 heavy (non-hydrogen) atoms. The van der Waals surface area contributed by atoms with Gasteiger partial charge in [-0.3, -0.25) is 33.6 Å². The van der Waals surface area contributed by atoms with E-state index >= 15 is 0 Å². The Labute approximate surface area is 400 Å². The van der Waals surface area contributed by atoms with Crippen molar-refractivity contribution in [2.75, 3.05) is 13.7 Å². The summed E-state index contributed by atoms with van der Waals surface area (Å²) < 4.78 is 27.8.